The lowest BCUT2D eigenvalue weighted by atomic mass is 10.2. The quantitative estimate of drug-likeness (QED) is 0.789. The van der Waals surface area contributed by atoms with Crippen molar-refractivity contribution in [1.82, 2.24) is 9.46 Å². The minimum atomic E-state index is -3.84. The van der Waals surface area contributed by atoms with Crippen molar-refractivity contribution >= 4 is 19.9 Å². The van der Waals surface area contributed by atoms with Gasteiger partial charge in [0.1, 0.15) is 10.6 Å². The maximum Gasteiger partial charge on any atom is 0.248 e. The van der Waals surface area contributed by atoms with Crippen LogP contribution in [0.2, 0.25) is 0 Å². The molecule has 1 unspecified atom stereocenters. The van der Waals surface area contributed by atoms with E-state index in [1.165, 1.54) is 4.31 Å². The zero-order chi connectivity index (χ0) is 16.7. The second kappa shape index (κ2) is 5.93. The summed E-state index contributed by atoms with van der Waals surface area (Å²) in [4.78, 5) is 0.0532. The summed E-state index contributed by atoms with van der Waals surface area (Å²) in [7, 11) is -7.01. The molecule has 1 aromatic heterocycles. The van der Waals surface area contributed by atoms with Gasteiger partial charge in [0, 0.05) is 12.6 Å². The molecule has 1 atom stereocenters. The van der Waals surface area contributed by atoms with Crippen molar-refractivity contribution < 1.29 is 21.4 Å². The Kier molecular flexibility index (Phi) is 4.70. The molecule has 0 aliphatic carbocycles. The molecule has 1 fully saturated rings. The van der Waals surface area contributed by atoms with Crippen LogP contribution in [0.15, 0.2) is 9.42 Å². The topological polar surface area (TPSA) is 97.6 Å². The lowest BCUT2D eigenvalue weighted by Gasteiger charge is -2.28. The number of aryl methyl sites for hydroxylation is 2. The highest BCUT2D eigenvalue weighted by molar-refractivity contribution is 7.92. The number of nitrogens with zero attached hydrogens (tertiary/aromatic N) is 2. The zero-order valence-corrected chi connectivity index (χ0v) is 14.9. The Morgan fingerprint density at radius 2 is 2.00 bits per heavy atom. The highest BCUT2D eigenvalue weighted by atomic mass is 32.2. The molecule has 2 rings (SSSR count). The molecule has 1 aromatic rings. The molecule has 126 valence electrons. The lowest BCUT2D eigenvalue weighted by Crippen LogP contribution is -2.43. The standard InChI is InChI=1S/C13H22N2O5S2/c1-9(2)7-15(12-5-6-21(16,17)8-12)22(18,19)13-10(3)14-20-11(13)4/h9,12H,5-8H2,1-4H3. The van der Waals surface area contributed by atoms with E-state index in [1.807, 2.05) is 13.8 Å². The molecule has 1 saturated heterocycles. The fraction of sp³-hybridized carbons (Fsp3) is 0.769. The molecular weight excluding hydrogens is 328 g/mol. The van der Waals surface area contributed by atoms with Gasteiger partial charge in [0.2, 0.25) is 10.0 Å². The molecule has 0 aromatic carbocycles. The summed E-state index contributed by atoms with van der Waals surface area (Å²) >= 11 is 0. The van der Waals surface area contributed by atoms with Crippen LogP contribution in [0.25, 0.3) is 0 Å². The number of hydrogen-bond acceptors (Lipinski definition) is 6. The molecular formula is C13H22N2O5S2. The highest BCUT2D eigenvalue weighted by Crippen LogP contribution is 2.29. The second-order valence-electron chi connectivity index (χ2n) is 6.18. The van der Waals surface area contributed by atoms with E-state index in [-0.39, 0.29) is 34.6 Å². The van der Waals surface area contributed by atoms with Crippen molar-refractivity contribution in [3.63, 3.8) is 0 Å². The van der Waals surface area contributed by atoms with E-state index in [1.54, 1.807) is 13.8 Å². The van der Waals surface area contributed by atoms with Gasteiger partial charge in [-0.25, -0.2) is 16.8 Å². The molecule has 0 radical (unpaired) electrons. The molecule has 1 aliphatic rings. The summed E-state index contributed by atoms with van der Waals surface area (Å²) < 4.78 is 55.7. The first-order chi connectivity index (χ1) is 10.0. The lowest BCUT2D eigenvalue weighted by molar-refractivity contribution is 0.307. The van der Waals surface area contributed by atoms with E-state index < -0.39 is 25.9 Å². The minimum Gasteiger partial charge on any atom is -0.360 e. The van der Waals surface area contributed by atoms with Crippen LogP contribution in [0.1, 0.15) is 31.7 Å². The summed E-state index contributed by atoms with van der Waals surface area (Å²) in [6, 6.07) is -0.522. The van der Waals surface area contributed by atoms with Crippen molar-refractivity contribution in [3.05, 3.63) is 11.5 Å². The van der Waals surface area contributed by atoms with Crippen LogP contribution >= 0.6 is 0 Å². The molecule has 0 saturated carbocycles. The third-order valence-corrected chi connectivity index (χ3v) is 7.61. The van der Waals surface area contributed by atoms with Gasteiger partial charge in [-0.15, -0.1) is 0 Å². The molecule has 22 heavy (non-hydrogen) atoms. The van der Waals surface area contributed by atoms with Gasteiger partial charge >= 0.3 is 0 Å². The van der Waals surface area contributed by atoms with Gasteiger partial charge in [-0.2, -0.15) is 4.31 Å². The van der Waals surface area contributed by atoms with Gasteiger partial charge in [0.05, 0.1) is 11.5 Å². The van der Waals surface area contributed by atoms with Crippen LogP contribution in [0.4, 0.5) is 0 Å². The molecule has 1 aliphatic heterocycles. The van der Waals surface area contributed by atoms with Gasteiger partial charge in [-0.3, -0.25) is 0 Å². The predicted octanol–water partition coefficient (Wildman–Crippen LogP) is 1.13. The van der Waals surface area contributed by atoms with E-state index >= 15 is 0 Å². The summed E-state index contributed by atoms with van der Waals surface area (Å²) in [6.45, 7) is 7.19. The maximum absolute atomic E-state index is 13.0. The number of aromatic nitrogens is 1. The minimum absolute atomic E-state index is 0.0311. The summed E-state index contributed by atoms with van der Waals surface area (Å²) in [5, 5.41) is 3.70. The number of sulfonamides is 1. The number of sulfone groups is 1. The fourth-order valence-corrected chi connectivity index (χ4v) is 6.70. The van der Waals surface area contributed by atoms with Gasteiger partial charge in [0.25, 0.3) is 0 Å². The first-order valence-corrected chi connectivity index (χ1v) is 10.5. The molecule has 7 nitrogen and oxygen atoms in total. The van der Waals surface area contributed by atoms with E-state index in [9.17, 15) is 16.8 Å². The Morgan fingerprint density at radius 1 is 1.36 bits per heavy atom. The Balaban J connectivity index is 2.45. The summed E-state index contributed by atoms with van der Waals surface area (Å²) in [5.41, 5.74) is 0.298. The third kappa shape index (κ3) is 3.36. The Bertz CT molecular complexity index is 730. The largest absolute Gasteiger partial charge is 0.360 e. The van der Waals surface area contributed by atoms with Crippen molar-refractivity contribution in [2.45, 2.75) is 45.1 Å². The molecule has 0 bridgehead atoms. The number of hydrogen-bond donors (Lipinski definition) is 0. The molecule has 0 spiro atoms. The van der Waals surface area contributed by atoms with E-state index in [0.717, 1.165) is 0 Å². The van der Waals surface area contributed by atoms with Crippen molar-refractivity contribution in [2.24, 2.45) is 5.92 Å². The first-order valence-electron chi connectivity index (χ1n) is 7.19. The van der Waals surface area contributed by atoms with Crippen molar-refractivity contribution in [1.29, 1.82) is 0 Å². The second-order valence-corrected chi connectivity index (χ2v) is 10.2. The Morgan fingerprint density at radius 3 is 2.41 bits per heavy atom. The highest BCUT2D eigenvalue weighted by Gasteiger charge is 2.41. The van der Waals surface area contributed by atoms with Crippen LogP contribution in [0.5, 0.6) is 0 Å². The van der Waals surface area contributed by atoms with Gasteiger partial charge in [0.15, 0.2) is 15.6 Å². The van der Waals surface area contributed by atoms with E-state index in [2.05, 4.69) is 5.16 Å². The van der Waals surface area contributed by atoms with Crippen LogP contribution in [-0.4, -0.2) is 50.4 Å². The van der Waals surface area contributed by atoms with E-state index in [4.69, 9.17) is 4.52 Å². The normalized spacial score (nSPS) is 21.8. The molecule has 9 heteroatoms. The zero-order valence-electron chi connectivity index (χ0n) is 13.2. The molecule has 0 amide bonds. The average molecular weight is 350 g/mol. The Labute approximate surface area is 131 Å². The van der Waals surface area contributed by atoms with Crippen LogP contribution in [-0.2, 0) is 19.9 Å². The van der Waals surface area contributed by atoms with E-state index in [0.29, 0.717) is 12.1 Å². The first kappa shape index (κ1) is 17.4. The predicted molar refractivity (Wildman–Crippen MR) is 81.8 cm³/mol. The van der Waals surface area contributed by atoms with Gasteiger partial charge in [-0.1, -0.05) is 19.0 Å². The summed E-state index contributed by atoms with van der Waals surface area (Å²) in [5.74, 6) is 0.219. The Hall–Kier alpha value is -0.930. The van der Waals surface area contributed by atoms with Crippen LogP contribution < -0.4 is 0 Å². The molecule has 2 heterocycles. The molecule has 0 N–H and O–H groups in total. The smallest absolute Gasteiger partial charge is 0.248 e. The third-order valence-electron chi connectivity index (χ3n) is 3.70. The summed E-state index contributed by atoms with van der Waals surface area (Å²) in [6.07, 6.45) is 0.331. The van der Waals surface area contributed by atoms with Crippen molar-refractivity contribution in [3.8, 4) is 0 Å². The van der Waals surface area contributed by atoms with Gasteiger partial charge in [-0.05, 0) is 26.2 Å². The number of rotatable bonds is 5. The van der Waals surface area contributed by atoms with Crippen molar-refractivity contribution in [2.75, 3.05) is 18.1 Å². The van der Waals surface area contributed by atoms with Crippen LogP contribution in [0, 0.1) is 19.8 Å². The SMILES string of the molecule is Cc1noc(C)c1S(=O)(=O)N(CC(C)C)C1CCS(=O)(=O)C1. The maximum atomic E-state index is 13.0. The fourth-order valence-electron chi connectivity index (χ4n) is 2.77. The monoisotopic (exact) mass is 350 g/mol. The van der Waals surface area contributed by atoms with Crippen LogP contribution in [0.3, 0.4) is 0 Å². The van der Waals surface area contributed by atoms with Gasteiger partial charge < -0.3 is 4.52 Å². The average Bonchev–Trinajstić information content (AvgIpc) is 2.89.